The van der Waals surface area contributed by atoms with Gasteiger partial charge in [0.25, 0.3) is 5.91 Å². The van der Waals surface area contributed by atoms with E-state index in [1.54, 1.807) is 30.7 Å². The molecular formula is C12H12N4O. The van der Waals surface area contributed by atoms with Gasteiger partial charge >= 0.3 is 0 Å². The van der Waals surface area contributed by atoms with Crippen molar-refractivity contribution in [1.82, 2.24) is 9.97 Å². The molecule has 3 N–H and O–H groups in total. The summed E-state index contributed by atoms with van der Waals surface area (Å²) in [6.45, 7) is 0.569. The summed E-state index contributed by atoms with van der Waals surface area (Å²) < 4.78 is 0. The summed E-state index contributed by atoms with van der Waals surface area (Å²) in [4.78, 5) is 19.2. The van der Waals surface area contributed by atoms with E-state index in [1.807, 2.05) is 12.1 Å². The van der Waals surface area contributed by atoms with Gasteiger partial charge in [0.1, 0.15) is 5.82 Å². The number of anilines is 1. The molecule has 0 radical (unpaired) electrons. The van der Waals surface area contributed by atoms with Crippen LogP contribution < -0.4 is 11.1 Å². The van der Waals surface area contributed by atoms with Crippen molar-refractivity contribution in [3.8, 4) is 0 Å². The molecule has 86 valence electrons. The number of pyridine rings is 2. The molecule has 2 aromatic rings. The molecule has 0 unspecified atom stereocenters. The maximum atomic E-state index is 11.2. The van der Waals surface area contributed by atoms with E-state index in [4.69, 9.17) is 5.73 Å². The number of aromatic nitrogens is 2. The van der Waals surface area contributed by atoms with Crippen molar-refractivity contribution in [2.24, 2.45) is 5.73 Å². The minimum Gasteiger partial charge on any atom is -0.365 e. The van der Waals surface area contributed by atoms with Gasteiger partial charge in [0.15, 0.2) is 0 Å². The van der Waals surface area contributed by atoms with Gasteiger partial charge < -0.3 is 11.1 Å². The summed E-state index contributed by atoms with van der Waals surface area (Å²) in [5.74, 6) is 0.00661. The van der Waals surface area contributed by atoms with Crippen molar-refractivity contribution < 1.29 is 4.79 Å². The topological polar surface area (TPSA) is 80.9 Å². The van der Waals surface area contributed by atoms with Gasteiger partial charge in [-0.2, -0.15) is 0 Å². The lowest BCUT2D eigenvalue weighted by Crippen LogP contribution is -2.15. The first-order valence-electron chi connectivity index (χ1n) is 5.15. The SMILES string of the molecule is NC(=O)c1cccnc1NCc1ccncc1. The van der Waals surface area contributed by atoms with Crippen LogP contribution in [-0.2, 0) is 6.54 Å². The van der Waals surface area contributed by atoms with E-state index in [1.165, 1.54) is 0 Å². The van der Waals surface area contributed by atoms with E-state index in [0.717, 1.165) is 5.56 Å². The van der Waals surface area contributed by atoms with Gasteiger partial charge in [-0.25, -0.2) is 4.98 Å². The number of rotatable bonds is 4. The molecule has 2 heterocycles. The molecule has 0 aromatic carbocycles. The van der Waals surface area contributed by atoms with E-state index in [0.29, 0.717) is 17.9 Å². The summed E-state index contributed by atoms with van der Waals surface area (Å²) >= 11 is 0. The molecule has 5 heteroatoms. The average molecular weight is 228 g/mol. The molecule has 0 saturated carbocycles. The molecule has 0 saturated heterocycles. The fraction of sp³-hybridized carbons (Fsp3) is 0.0833. The zero-order valence-electron chi connectivity index (χ0n) is 9.13. The van der Waals surface area contributed by atoms with Gasteiger partial charge in [-0.3, -0.25) is 9.78 Å². The van der Waals surface area contributed by atoms with Crippen LogP contribution in [0.1, 0.15) is 15.9 Å². The zero-order valence-corrected chi connectivity index (χ0v) is 9.13. The first-order chi connectivity index (χ1) is 8.27. The predicted octanol–water partition coefficient (Wildman–Crippen LogP) is 1.19. The van der Waals surface area contributed by atoms with Gasteiger partial charge in [-0.05, 0) is 29.8 Å². The van der Waals surface area contributed by atoms with E-state index in [9.17, 15) is 4.79 Å². The predicted molar refractivity (Wildman–Crippen MR) is 64.3 cm³/mol. The molecule has 0 bridgehead atoms. The van der Waals surface area contributed by atoms with Gasteiger partial charge in [0.2, 0.25) is 0 Å². The molecule has 0 atom stereocenters. The summed E-state index contributed by atoms with van der Waals surface area (Å²) in [6.07, 6.45) is 5.04. The normalized spacial score (nSPS) is 9.88. The van der Waals surface area contributed by atoms with Crippen molar-refractivity contribution in [3.05, 3.63) is 54.0 Å². The number of nitrogens with two attached hydrogens (primary N) is 1. The van der Waals surface area contributed by atoms with Crippen molar-refractivity contribution >= 4 is 11.7 Å². The Labute approximate surface area is 98.7 Å². The van der Waals surface area contributed by atoms with Crippen LogP contribution >= 0.6 is 0 Å². The Balaban J connectivity index is 2.12. The van der Waals surface area contributed by atoms with E-state index in [2.05, 4.69) is 15.3 Å². The van der Waals surface area contributed by atoms with Gasteiger partial charge in [0.05, 0.1) is 5.56 Å². The van der Waals surface area contributed by atoms with Crippen molar-refractivity contribution in [3.63, 3.8) is 0 Å². The van der Waals surface area contributed by atoms with Crippen LogP contribution in [0.25, 0.3) is 0 Å². The number of nitrogens with one attached hydrogen (secondary N) is 1. The number of primary amides is 1. The highest BCUT2D eigenvalue weighted by Crippen LogP contribution is 2.11. The first-order valence-corrected chi connectivity index (χ1v) is 5.15. The van der Waals surface area contributed by atoms with Gasteiger partial charge in [0, 0.05) is 25.1 Å². The highest BCUT2D eigenvalue weighted by Gasteiger charge is 2.07. The van der Waals surface area contributed by atoms with Crippen molar-refractivity contribution in [2.45, 2.75) is 6.54 Å². The Kier molecular flexibility index (Phi) is 3.30. The number of carbonyl (C=O) groups excluding carboxylic acids is 1. The Bertz CT molecular complexity index is 513. The molecule has 17 heavy (non-hydrogen) atoms. The molecule has 0 spiro atoms. The van der Waals surface area contributed by atoms with E-state index < -0.39 is 5.91 Å². The number of nitrogens with zero attached hydrogens (tertiary/aromatic N) is 2. The third-order valence-corrected chi connectivity index (χ3v) is 2.28. The minimum atomic E-state index is -0.490. The molecule has 0 aliphatic heterocycles. The lowest BCUT2D eigenvalue weighted by atomic mass is 10.2. The zero-order chi connectivity index (χ0) is 12.1. The second kappa shape index (κ2) is 5.07. The molecular weight excluding hydrogens is 216 g/mol. The number of carbonyl (C=O) groups is 1. The maximum absolute atomic E-state index is 11.2. The van der Waals surface area contributed by atoms with Crippen LogP contribution in [0.15, 0.2) is 42.9 Å². The highest BCUT2D eigenvalue weighted by atomic mass is 16.1. The molecule has 0 fully saturated rings. The largest absolute Gasteiger partial charge is 0.365 e. The lowest BCUT2D eigenvalue weighted by Gasteiger charge is -2.08. The molecule has 2 aromatic heterocycles. The number of amides is 1. The number of hydrogen-bond acceptors (Lipinski definition) is 4. The number of hydrogen-bond donors (Lipinski definition) is 2. The average Bonchev–Trinajstić information content (AvgIpc) is 2.38. The summed E-state index contributed by atoms with van der Waals surface area (Å²) in [6, 6.07) is 7.10. The Hall–Kier alpha value is -2.43. The molecule has 0 aliphatic rings. The molecule has 1 amide bonds. The fourth-order valence-corrected chi connectivity index (χ4v) is 1.43. The Morgan fingerprint density at radius 3 is 2.71 bits per heavy atom. The lowest BCUT2D eigenvalue weighted by molar-refractivity contribution is 0.100. The maximum Gasteiger partial charge on any atom is 0.252 e. The summed E-state index contributed by atoms with van der Waals surface area (Å²) in [5, 5.41) is 3.07. The highest BCUT2D eigenvalue weighted by molar-refractivity contribution is 5.97. The summed E-state index contributed by atoms with van der Waals surface area (Å²) in [5.41, 5.74) is 6.70. The van der Waals surface area contributed by atoms with Crippen LogP contribution in [0.2, 0.25) is 0 Å². The minimum absolute atomic E-state index is 0.390. The van der Waals surface area contributed by atoms with Crippen LogP contribution in [0, 0.1) is 0 Å². The van der Waals surface area contributed by atoms with Gasteiger partial charge in [-0.15, -0.1) is 0 Å². The first kappa shape index (κ1) is 11.1. The second-order valence-electron chi connectivity index (χ2n) is 3.47. The standard InChI is InChI=1S/C12H12N4O/c13-11(17)10-2-1-5-15-12(10)16-8-9-3-6-14-7-4-9/h1-7H,8H2,(H2,13,17)(H,15,16). The fourth-order valence-electron chi connectivity index (χ4n) is 1.43. The Morgan fingerprint density at radius 2 is 2.00 bits per heavy atom. The van der Waals surface area contributed by atoms with Crippen LogP contribution in [0.3, 0.4) is 0 Å². The second-order valence-corrected chi connectivity index (χ2v) is 3.47. The van der Waals surface area contributed by atoms with E-state index in [-0.39, 0.29) is 0 Å². The molecule has 0 aliphatic carbocycles. The van der Waals surface area contributed by atoms with Crippen LogP contribution in [0.4, 0.5) is 5.82 Å². The Morgan fingerprint density at radius 1 is 1.24 bits per heavy atom. The third-order valence-electron chi connectivity index (χ3n) is 2.28. The van der Waals surface area contributed by atoms with Crippen molar-refractivity contribution in [1.29, 1.82) is 0 Å². The third kappa shape index (κ3) is 2.78. The van der Waals surface area contributed by atoms with E-state index >= 15 is 0 Å². The quantitative estimate of drug-likeness (QED) is 0.823. The summed E-state index contributed by atoms with van der Waals surface area (Å²) in [7, 11) is 0. The molecule has 5 nitrogen and oxygen atoms in total. The smallest absolute Gasteiger partial charge is 0.252 e. The van der Waals surface area contributed by atoms with Crippen LogP contribution in [-0.4, -0.2) is 15.9 Å². The monoisotopic (exact) mass is 228 g/mol. The molecule has 2 rings (SSSR count). The van der Waals surface area contributed by atoms with Crippen LogP contribution in [0.5, 0.6) is 0 Å². The van der Waals surface area contributed by atoms with Crippen molar-refractivity contribution in [2.75, 3.05) is 5.32 Å². The van der Waals surface area contributed by atoms with Gasteiger partial charge in [-0.1, -0.05) is 0 Å².